The minimum Gasteiger partial charge on any atom is -0.345 e. The largest absolute Gasteiger partial charge is 0.345 e. The van der Waals surface area contributed by atoms with Gasteiger partial charge in [-0.3, -0.25) is 9.59 Å². The fraction of sp³-hybridized carbons (Fsp3) is 0.636. The van der Waals surface area contributed by atoms with Gasteiger partial charge in [0.1, 0.15) is 18.2 Å². The first-order valence-corrected chi connectivity index (χ1v) is 6.11. The number of piperazine rings is 1. The Balaban J connectivity index is 2.19. The van der Waals surface area contributed by atoms with E-state index in [-0.39, 0.29) is 18.4 Å². The van der Waals surface area contributed by atoms with E-state index in [0.717, 1.165) is 0 Å². The molecule has 7 heteroatoms. The molecule has 1 aliphatic heterocycles. The number of nitrogens with zero attached hydrogens (tertiary/aromatic N) is 4. The van der Waals surface area contributed by atoms with Gasteiger partial charge in [-0.2, -0.15) is 5.10 Å². The summed E-state index contributed by atoms with van der Waals surface area (Å²) >= 11 is 0. The molecule has 98 valence electrons. The highest BCUT2D eigenvalue weighted by atomic mass is 16.2. The van der Waals surface area contributed by atoms with E-state index in [9.17, 15) is 9.59 Å². The highest BCUT2D eigenvalue weighted by Gasteiger charge is 2.33. The van der Waals surface area contributed by atoms with Crippen molar-refractivity contribution in [2.45, 2.75) is 39.4 Å². The van der Waals surface area contributed by atoms with Crippen molar-refractivity contribution in [1.29, 1.82) is 0 Å². The minimum atomic E-state index is -0.409. The average molecular weight is 251 g/mol. The molecule has 2 rings (SSSR count). The Morgan fingerprint density at radius 1 is 1.44 bits per heavy atom. The van der Waals surface area contributed by atoms with Gasteiger partial charge in [0.15, 0.2) is 0 Å². The quantitative estimate of drug-likeness (QED) is 0.785. The number of carbonyl (C=O) groups excluding carboxylic acids is 2. The van der Waals surface area contributed by atoms with Crippen molar-refractivity contribution in [2.75, 3.05) is 6.54 Å². The lowest BCUT2D eigenvalue weighted by Crippen LogP contribution is -2.57. The normalized spacial score (nSPS) is 20.1. The summed E-state index contributed by atoms with van der Waals surface area (Å²) in [6.07, 6.45) is 2.06. The SMILES string of the molecule is CCC1C(=O)NCC(=O)N1Cc1ncnn1CC. The second-order valence-electron chi connectivity index (χ2n) is 4.16. The molecule has 0 radical (unpaired) electrons. The van der Waals surface area contributed by atoms with Gasteiger partial charge in [-0.25, -0.2) is 9.67 Å². The molecule has 1 atom stereocenters. The Bertz CT molecular complexity index is 456. The fourth-order valence-corrected chi connectivity index (χ4v) is 2.13. The molecular weight excluding hydrogens is 234 g/mol. The third-order valence-corrected chi connectivity index (χ3v) is 3.11. The average Bonchev–Trinajstić information content (AvgIpc) is 2.81. The van der Waals surface area contributed by atoms with E-state index in [1.165, 1.54) is 6.33 Å². The van der Waals surface area contributed by atoms with Gasteiger partial charge < -0.3 is 10.2 Å². The monoisotopic (exact) mass is 251 g/mol. The van der Waals surface area contributed by atoms with Gasteiger partial charge in [-0.1, -0.05) is 6.92 Å². The third-order valence-electron chi connectivity index (χ3n) is 3.11. The number of amides is 2. The van der Waals surface area contributed by atoms with E-state index < -0.39 is 6.04 Å². The van der Waals surface area contributed by atoms with Gasteiger partial charge in [0, 0.05) is 6.54 Å². The summed E-state index contributed by atoms with van der Waals surface area (Å²) in [6.45, 7) is 4.94. The van der Waals surface area contributed by atoms with Crippen molar-refractivity contribution in [3.05, 3.63) is 12.2 Å². The van der Waals surface area contributed by atoms with Crippen LogP contribution in [0.1, 0.15) is 26.1 Å². The second kappa shape index (κ2) is 5.16. The molecule has 0 spiro atoms. The topological polar surface area (TPSA) is 80.1 Å². The molecule has 1 unspecified atom stereocenters. The Hall–Kier alpha value is -1.92. The lowest BCUT2D eigenvalue weighted by atomic mass is 10.1. The number of hydrogen-bond acceptors (Lipinski definition) is 4. The summed E-state index contributed by atoms with van der Waals surface area (Å²) in [7, 11) is 0. The molecule has 0 aliphatic carbocycles. The van der Waals surface area contributed by atoms with E-state index in [1.54, 1.807) is 9.58 Å². The molecule has 1 aromatic rings. The van der Waals surface area contributed by atoms with E-state index in [1.807, 2.05) is 13.8 Å². The predicted octanol–water partition coefficient (Wildman–Crippen LogP) is -0.465. The Kier molecular flexibility index (Phi) is 3.59. The highest BCUT2D eigenvalue weighted by Crippen LogP contribution is 2.13. The smallest absolute Gasteiger partial charge is 0.243 e. The highest BCUT2D eigenvalue weighted by molar-refractivity contribution is 5.94. The van der Waals surface area contributed by atoms with Crippen molar-refractivity contribution < 1.29 is 9.59 Å². The molecule has 0 saturated carbocycles. The van der Waals surface area contributed by atoms with Gasteiger partial charge >= 0.3 is 0 Å². The van der Waals surface area contributed by atoms with Crippen LogP contribution in [-0.4, -0.2) is 44.1 Å². The van der Waals surface area contributed by atoms with Crippen LogP contribution in [0.25, 0.3) is 0 Å². The zero-order chi connectivity index (χ0) is 13.1. The molecule has 0 bridgehead atoms. The Morgan fingerprint density at radius 2 is 2.22 bits per heavy atom. The van der Waals surface area contributed by atoms with Crippen LogP contribution in [0.15, 0.2) is 6.33 Å². The Labute approximate surface area is 105 Å². The molecular formula is C11H17N5O2. The number of hydrogen-bond donors (Lipinski definition) is 1. The van der Waals surface area contributed by atoms with Crippen LogP contribution in [0.2, 0.25) is 0 Å². The maximum absolute atomic E-state index is 11.9. The van der Waals surface area contributed by atoms with Crippen molar-refractivity contribution in [1.82, 2.24) is 25.0 Å². The summed E-state index contributed by atoms with van der Waals surface area (Å²) in [6, 6.07) is -0.409. The number of rotatable bonds is 4. The van der Waals surface area contributed by atoms with Crippen molar-refractivity contribution in [3.63, 3.8) is 0 Å². The summed E-state index contributed by atoms with van der Waals surface area (Å²) in [4.78, 5) is 29.3. The molecule has 1 N–H and O–H groups in total. The van der Waals surface area contributed by atoms with Crippen LogP contribution in [0.4, 0.5) is 0 Å². The van der Waals surface area contributed by atoms with Gasteiger partial charge in [0.2, 0.25) is 11.8 Å². The predicted molar refractivity (Wildman–Crippen MR) is 63.3 cm³/mol. The first-order valence-electron chi connectivity index (χ1n) is 6.11. The van der Waals surface area contributed by atoms with Crippen LogP contribution in [0.3, 0.4) is 0 Å². The number of aromatic nitrogens is 3. The lowest BCUT2D eigenvalue weighted by molar-refractivity contribution is -0.146. The van der Waals surface area contributed by atoms with Crippen LogP contribution in [0, 0.1) is 0 Å². The molecule has 1 aliphatic rings. The number of aryl methyl sites for hydroxylation is 1. The van der Waals surface area contributed by atoms with Crippen molar-refractivity contribution >= 4 is 11.8 Å². The standard InChI is InChI=1S/C11H17N5O2/c1-3-8-11(18)12-5-10(17)15(8)6-9-13-7-14-16(9)4-2/h7-8H,3-6H2,1-2H3,(H,12,18). The maximum Gasteiger partial charge on any atom is 0.243 e. The zero-order valence-corrected chi connectivity index (χ0v) is 10.6. The van der Waals surface area contributed by atoms with Crippen LogP contribution in [-0.2, 0) is 22.7 Å². The number of carbonyl (C=O) groups is 2. The lowest BCUT2D eigenvalue weighted by Gasteiger charge is -2.33. The van der Waals surface area contributed by atoms with Crippen molar-refractivity contribution in [2.24, 2.45) is 0 Å². The van der Waals surface area contributed by atoms with Gasteiger partial charge in [-0.15, -0.1) is 0 Å². The summed E-state index contributed by atoms with van der Waals surface area (Å²) < 4.78 is 1.73. The van der Waals surface area contributed by atoms with Gasteiger partial charge in [-0.05, 0) is 13.3 Å². The van der Waals surface area contributed by atoms with Crippen LogP contribution >= 0.6 is 0 Å². The molecule has 1 saturated heterocycles. The Morgan fingerprint density at radius 3 is 2.89 bits per heavy atom. The van der Waals surface area contributed by atoms with E-state index in [2.05, 4.69) is 15.4 Å². The molecule has 1 fully saturated rings. The summed E-state index contributed by atoms with van der Waals surface area (Å²) in [5.74, 6) is 0.533. The van der Waals surface area contributed by atoms with Crippen LogP contribution in [0.5, 0.6) is 0 Å². The maximum atomic E-state index is 11.9. The van der Waals surface area contributed by atoms with Gasteiger partial charge in [0.25, 0.3) is 0 Å². The summed E-state index contributed by atoms with van der Waals surface area (Å²) in [5.41, 5.74) is 0. The second-order valence-corrected chi connectivity index (χ2v) is 4.16. The first kappa shape index (κ1) is 12.5. The van der Waals surface area contributed by atoms with E-state index in [4.69, 9.17) is 0 Å². The van der Waals surface area contributed by atoms with E-state index >= 15 is 0 Å². The first-order chi connectivity index (χ1) is 8.67. The molecule has 0 aromatic carbocycles. The van der Waals surface area contributed by atoms with E-state index in [0.29, 0.717) is 25.3 Å². The minimum absolute atomic E-state index is 0.0651. The molecule has 2 amide bonds. The van der Waals surface area contributed by atoms with Crippen molar-refractivity contribution in [3.8, 4) is 0 Å². The van der Waals surface area contributed by atoms with Crippen LogP contribution < -0.4 is 5.32 Å². The van der Waals surface area contributed by atoms with Gasteiger partial charge in [0.05, 0.1) is 13.1 Å². The zero-order valence-electron chi connectivity index (χ0n) is 10.6. The molecule has 1 aromatic heterocycles. The summed E-state index contributed by atoms with van der Waals surface area (Å²) in [5, 5.41) is 6.66. The third kappa shape index (κ3) is 2.20. The molecule has 18 heavy (non-hydrogen) atoms. The molecule has 2 heterocycles. The fourth-order valence-electron chi connectivity index (χ4n) is 2.13. The number of nitrogens with one attached hydrogen (secondary N) is 1. The molecule has 7 nitrogen and oxygen atoms in total.